The van der Waals surface area contributed by atoms with Gasteiger partial charge in [-0.3, -0.25) is 9.59 Å². The first-order chi connectivity index (χ1) is 18.4. The molecule has 4 aromatic rings. The summed E-state index contributed by atoms with van der Waals surface area (Å²) in [5.41, 5.74) is 3.38. The first-order valence-electron chi connectivity index (χ1n) is 12.2. The first kappa shape index (κ1) is 27.7. The second-order valence-corrected chi connectivity index (χ2v) is 10.2. The van der Waals surface area contributed by atoms with Crippen molar-refractivity contribution in [3.8, 4) is 0 Å². The maximum absolute atomic E-state index is 13.8. The van der Waals surface area contributed by atoms with Crippen LogP contribution in [0.25, 0.3) is 0 Å². The number of nitrogens with one attached hydrogen (secondary N) is 1. The second-order valence-electron chi connectivity index (χ2n) is 8.90. The Morgan fingerprint density at radius 2 is 1.37 bits per heavy atom. The van der Waals surface area contributed by atoms with Gasteiger partial charge in [0.05, 0.1) is 0 Å². The average Bonchev–Trinajstić information content (AvgIpc) is 2.93. The van der Waals surface area contributed by atoms with Gasteiger partial charge in [0.25, 0.3) is 0 Å². The fraction of sp³-hybridized carbons (Fsp3) is 0.161. The third-order valence-corrected chi connectivity index (χ3v) is 7.04. The number of nitrogens with zero attached hydrogens (tertiary/aromatic N) is 1. The Bertz CT molecular complexity index is 1360. The number of halogens is 3. The van der Waals surface area contributed by atoms with Gasteiger partial charge in [-0.1, -0.05) is 114 Å². The lowest BCUT2D eigenvalue weighted by atomic mass is 10.0. The summed E-state index contributed by atoms with van der Waals surface area (Å²) in [7, 11) is 0. The predicted molar refractivity (Wildman–Crippen MR) is 154 cm³/mol. The minimum Gasteiger partial charge on any atom is -0.350 e. The van der Waals surface area contributed by atoms with E-state index in [0.29, 0.717) is 27.1 Å². The van der Waals surface area contributed by atoms with Crippen LogP contribution in [0.4, 0.5) is 0 Å². The summed E-state index contributed by atoms with van der Waals surface area (Å²) in [6.45, 7) is 0.449. The quantitative estimate of drug-likeness (QED) is 0.215. The van der Waals surface area contributed by atoms with E-state index in [9.17, 15) is 9.59 Å². The van der Waals surface area contributed by atoms with Crippen molar-refractivity contribution in [2.45, 2.75) is 32.0 Å². The van der Waals surface area contributed by atoms with Gasteiger partial charge in [0.2, 0.25) is 11.8 Å². The molecule has 0 heterocycles. The third-order valence-electron chi connectivity index (χ3n) is 6.20. The lowest BCUT2D eigenvalue weighted by molar-refractivity contribution is -0.141. The first-order valence-corrected chi connectivity index (χ1v) is 13.4. The molecule has 0 radical (unpaired) electrons. The lowest BCUT2D eigenvalue weighted by Gasteiger charge is -2.32. The number of carbonyl (C=O) groups excluding carboxylic acids is 2. The van der Waals surface area contributed by atoms with Crippen LogP contribution < -0.4 is 5.32 Å². The Morgan fingerprint density at radius 1 is 0.737 bits per heavy atom. The highest BCUT2D eigenvalue weighted by molar-refractivity contribution is 6.35. The highest BCUT2D eigenvalue weighted by Gasteiger charge is 2.31. The van der Waals surface area contributed by atoms with Crippen LogP contribution in [0.15, 0.2) is 103 Å². The Kier molecular flexibility index (Phi) is 9.83. The van der Waals surface area contributed by atoms with Crippen LogP contribution >= 0.6 is 34.8 Å². The van der Waals surface area contributed by atoms with Gasteiger partial charge in [0.15, 0.2) is 0 Å². The van der Waals surface area contributed by atoms with E-state index >= 15 is 0 Å². The van der Waals surface area contributed by atoms with Crippen LogP contribution in [0.1, 0.15) is 34.7 Å². The van der Waals surface area contributed by atoms with Crippen LogP contribution in [-0.2, 0) is 29.1 Å². The highest BCUT2D eigenvalue weighted by Crippen LogP contribution is 2.27. The van der Waals surface area contributed by atoms with Gasteiger partial charge in [0.1, 0.15) is 6.04 Å². The molecule has 0 aliphatic heterocycles. The summed E-state index contributed by atoms with van der Waals surface area (Å²) in [4.78, 5) is 29.2. The number of rotatable bonds is 10. The molecule has 1 unspecified atom stereocenters. The van der Waals surface area contributed by atoms with Crippen LogP contribution in [0.2, 0.25) is 15.1 Å². The maximum atomic E-state index is 13.8. The van der Waals surface area contributed by atoms with E-state index in [4.69, 9.17) is 34.8 Å². The number of amides is 2. The smallest absolute Gasteiger partial charge is 0.247 e. The monoisotopic (exact) mass is 564 g/mol. The van der Waals surface area contributed by atoms with Gasteiger partial charge < -0.3 is 10.2 Å². The Balaban J connectivity index is 1.63. The fourth-order valence-electron chi connectivity index (χ4n) is 4.20. The molecule has 0 saturated carbocycles. The molecule has 0 fully saturated rings. The van der Waals surface area contributed by atoms with Crippen molar-refractivity contribution >= 4 is 46.6 Å². The summed E-state index contributed by atoms with van der Waals surface area (Å²) in [6, 6.07) is 30.8. The molecule has 0 aromatic heterocycles. The second kappa shape index (κ2) is 13.5. The summed E-state index contributed by atoms with van der Waals surface area (Å²) in [6.07, 6.45) is 0.831. The van der Waals surface area contributed by atoms with Gasteiger partial charge in [-0.2, -0.15) is 0 Å². The molecule has 4 rings (SSSR count). The Labute approximate surface area is 238 Å². The summed E-state index contributed by atoms with van der Waals surface area (Å²) < 4.78 is 0. The summed E-state index contributed by atoms with van der Waals surface area (Å²) in [5, 5.41) is 4.57. The van der Waals surface area contributed by atoms with Crippen molar-refractivity contribution in [1.82, 2.24) is 10.2 Å². The fourth-order valence-corrected chi connectivity index (χ4v) is 4.80. The minimum absolute atomic E-state index is 0.127. The van der Waals surface area contributed by atoms with Crippen molar-refractivity contribution in [2.24, 2.45) is 0 Å². The normalized spacial score (nSPS) is 11.6. The minimum atomic E-state index is -0.846. The molecule has 38 heavy (non-hydrogen) atoms. The summed E-state index contributed by atoms with van der Waals surface area (Å²) >= 11 is 18.4. The molecule has 4 aromatic carbocycles. The molecule has 1 N–H and O–H groups in total. The van der Waals surface area contributed by atoms with Crippen molar-refractivity contribution in [1.29, 1.82) is 0 Å². The van der Waals surface area contributed by atoms with E-state index < -0.39 is 6.04 Å². The van der Waals surface area contributed by atoms with E-state index in [1.807, 2.05) is 72.8 Å². The third kappa shape index (κ3) is 7.61. The molecule has 0 aliphatic rings. The number of hydrogen-bond donors (Lipinski definition) is 1. The summed E-state index contributed by atoms with van der Waals surface area (Å²) in [5.74, 6) is -0.429. The molecule has 0 spiro atoms. The number of hydrogen-bond acceptors (Lipinski definition) is 2. The van der Waals surface area contributed by atoms with Gasteiger partial charge in [-0.25, -0.2) is 0 Å². The van der Waals surface area contributed by atoms with Gasteiger partial charge in [-0.15, -0.1) is 0 Å². The molecule has 194 valence electrons. The van der Waals surface area contributed by atoms with Crippen molar-refractivity contribution in [3.63, 3.8) is 0 Å². The van der Waals surface area contributed by atoms with Gasteiger partial charge >= 0.3 is 0 Å². The maximum Gasteiger partial charge on any atom is 0.247 e. The average molecular weight is 566 g/mol. The number of benzene rings is 4. The molecule has 7 heteroatoms. The van der Waals surface area contributed by atoms with E-state index in [2.05, 4.69) is 5.32 Å². The molecule has 2 amide bonds. The lowest BCUT2D eigenvalue weighted by Crippen LogP contribution is -2.43. The van der Waals surface area contributed by atoms with Gasteiger partial charge in [-0.05, 0) is 52.9 Å². The van der Waals surface area contributed by atoms with Crippen molar-refractivity contribution < 1.29 is 9.59 Å². The van der Waals surface area contributed by atoms with Crippen LogP contribution in [-0.4, -0.2) is 16.7 Å². The van der Waals surface area contributed by atoms with Crippen LogP contribution in [0, 0.1) is 0 Å². The molecular weight excluding hydrogens is 539 g/mol. The van der Waals surface area contributed by atoms with Crippen molar-refractivity contribution in [3.05, 3.63) is 140 Å². The van der Waals surface area contributed by atoms with E-state index in [0.717, 1.165) is 16.7 Å². The highest BCUT2D eigenvalue weighted by atomic mass is 35.5. The SMILES string of the molecule is O=C(NCc1ccc(Cl)cc1Cl)C(c1ccccc1)N(Cc1ccc(Cl)cc1)C(=O)CCc1ccccc1. The van der Waals surface area contributed by atoms with Gasteiger partial charge in [0, 0.05) is 34.6 Å². The molecular formula is C31H27Cl3N2O2. The van der Waals surface area contributed by atoms with Crippen LogP contribution in [0.5, 0.6) is 0 Å². The Morgan fingerprint density at radius 3 is 2.03 bits per heavy atom. The molecule has 0 bridgehead atoms. The van der Waals surface area contributed by atoms with Crippen molar-refractivity contribution in [2.75, 3.05) is 0 Å². The zero-order chi connectivity index (χ0) is 26.9. The van der Waals surface area contributed by atoms with E-state index in [-0.39, 0.29) is 31.3 Å². The molecule has 1 atom stereocenters. The molecule has 0 saturated heterocycles. The zero-order valence-corrected chi connectivity index (χ0v) is 22.9. The number of aryl methyl sites for hydroxylation is 1. The standard InChI is InChI=1S/C31H27Cl3N2O2/c32-26-15-11-23(12-16-26)21-36(29(37)18-13-22-7-3-1-4-8-22)30(24-9-5-2-6-10-24)31(38)35-20-25-14-17-27(33)19-28(25)34/h1-12,14-17,19,30H,13,18,20-21H2,(H,35,38). The van der Waals surface area contributed by atoms with Crippen LogP contribution in [0.3, 0.4) is 0 Å². The predicted octanol–water partition coefficient (Wildman–Crippen LogP) is 7.67. The topological polar surface area (TPSA) is 49.4 Å². The van der Waals surface area contributed by atoms with E-state index in [1.54, 1.807) is 35.2 Å². The Hall–Kier alpha value is -3.31. The zero-order valence-electron chi connectivity index (χ0n) is 20.6. The number of carbonyl (C=O) groups is 2. The molecule has 0 aliphatic carbocycles. The van der Waals surface area contributed by atoms with E-state index in [1.165, 1.54) is 0 Å². The molecule has 4 nitrogen and oxygen atoms in total. The largest absolute Gasteiger partial charge is 0.350 e.